The number of benzene rings is 4. The van der Waals surface area contributed by atoms with Crippen LogP contribution in [0.4, 0.5) is 0 Å². The quantitative estimate of drug-likeness (QED) is 0.0995. The second kappa shape index (κ2) is 23.0. The molecule has 347 valence electrons. The number of aromatic nitrogens is 9. The molecule has 0 saturated heterocycles. The molecule has 0 atom stereocenters. The summed E-state index contributed by atoms with van der Waals surface area (Å²) in [6, 6.07) is 30.5. The molecular weight excluding hydrogens is 1020 g/mol. The van der Waals surface area contributed by atoms with Crippen LogP contribution in [-0.2, 0) is 20.1 Å². The molecule has 0 aliphatic rings. The van der Waals surface area contributed by atoms with Crippen molar-refractivity contribution >= 4 is 0 Å². The number of imidazole rings is 2. The van der Waals surface area contributed by atoms with Gasteiger partial charge in [-0.25, -0.2) is 0 Å². The first-order chi connectivity index (χ1) is 31.5. The fraction of sp³-hybridized carbons (Fsp3) is 0.250. The van der Waals surface area contributed by atoms with Gasteiger partial charge in [-0.05, 0) is 75.5 Å². The third kappa shape index (κ3) is 10.7. The van der Waals surface area contributed by atoms with E-state index in [2.05, 4.69) is 50.4 Å². The molecule has 0 bridgehead atoms. The van der Waals surface area contributed by atoms with Gasteiger partial charge in [0.1, 0.15) is 34.4 Å². The van der Waals surface area contributed by atoms with Crippen molar-refractivity contribution in [3.63, 3.8) is 0 Å². The monoisotopic (exact) mass is 1070 g/mol. The molecule has 4 aromatic heterocycles. The molecule has 0 unspecified atom stereocenters. The summed E-state index contributed by atoms with van der Waals surface area (Å²) in [4.78, 5) is 4.02. The van der Waals surface area contributed by atoms with Crippen molar-refractivity contribution < 1.29 is 67.1 Å². The molecule has 0 aliphatic carbocycles. The van der Waals surface area contributed by atoms with Crippen molar-refractivity contribution in [3.05, 3.63) is 133 Å². The molecule has 18 heteroatoms. The maximum Gasteiger partial charge on any atom is 0.267 e. The first-order valence-corrected chi connectivity index (χ1v) is 19.9. The van der Waals surface area contributed by atoms with Gasteiger partial charge in [-0.3, -0.25) is 24.4 Å². The smallest absolute Gasteiger partial charge is 0.267 e. The average molecular weight is 1070 g/mol. The van der Waals surface area contributed by atoms with Gasteiger partial charge in [0.15, 0.2) is 0 Å². The van der Waals surface area contributed by atoms with E-state index in [0.29, 0.717) is 46.0 Å². The minimum atomic E-state index is 0. The van der Waals surface area contributed by atoms with Gasteiger partial charge < -0.3 is 52.1 Å². The average Bonchev–Trinajstić information content (AvgIpc) is 4.09. The van der Waals surface area contributed by atoms with Gasteiger partial charge in [0.2, 0.25) is 0 Å². The Morgan fingerprint density at radius 2 is 0.970 bits per heavy atom. The van der Waals surface area contributed by atoms with Crippen LogP contribution < -0.4 is 52.1 Å². The second-order valence-electron chi connectivity index (χ2n) is 13.8. The van der Waals surface area contributed by atoms with Gasteiger partial charge in [-0.1, -0.05) is 18.2 Å². The summed E-state index contributed by atoms with van der Waals surface area (Å²) in [5.41, 5.74) is 7.98. The van der Waals surface area contributed by atoms with E-state index in [1.165, 1.54) is 0 Å². The molecule has 0 saturated carbocycles. The molecule has 0 aliphatic heterocycles. The Balaban J connectivity index is 0.000000199. The molecule has 1 radical (unpaired) electrons. The molecule has 0 spiro atoms. The van der Waals surface area contributed by atoms with Gasteiger partial charge in [0, 0.05) is 72.8 Å². The summed E-state index contributed by atoms with van der Waals surface area (Å²) < 4.78 is 51.0. The molecule has 4 heterocycles. The number of ether oxygens (including phenoxy) is 8. The molecule has 4 aromatic carbocycles. The van der Waals surface area contributed by atoms with Gasteiger partial charge in [-0.15, -0.1) is 12.1 Å². The number of rotatable bonds is 13. The number of hydrogen-bond acceptors (Lipinski definition) is 12. The first kappa shape index (κ1) is 49.6. The summed E-state index contributed by atoms with van der Waals surface area (Å²) in [7, 11) is 13.0. The Kier molecular flexibility index (Phi) is 17.3. The van der Waals surface area contributed by atoms with E-state index in [1.807, 2.05) is 107 Å². The van der Waals surface area contributed by atoms with Gasteiger partial charge in [-0.2, -0.15) is 17.3 Å². The zero-order valence-corrected chi connectivity index (χ0v) is 41.1. The molecule has 8 rings (SSSR count). The number of hydrogen-bond donors (Lipinski definition) is 0. The van der Waals surface area contributed by atoms with Gasteiger partial charge >= 0.3 is 0 Å². The normalized spacial score (nSPS) is 10.3. The van der Waals surface area contributed by atoms with Crippen LogP contribution in [0.1, 0.15) is 22.8 Å². The number of nitrogens with zero attached hydrogens (tertiary/aromatic N) is 9. The Hall–Kier alpha value is -7.43. The third-order valence-electron chi connectivity index (χ3n) is 10.3. The summed E-state index contributed by atoms with van der Waals surface area (Å²) in [5, 5.41) is 14.0. The largest absolute Gasteiger partial charge is 0.558 e. The van der Waals surface area contributed by atoms with E-state index in [4.69, 9.17) is 37.9 Å². The Bertz CT molecular complexity index is 2520. The molecule has 8 aromatic rings. The Morgan fingerprint density at radius 3 is 1.33 bits per heavy atom. The predicted octanol–water partition coefficient (Wildman–Crippen LogP) is 5.90. The van der Waals surface area contributed by atoms with Crippen molar-refractivity contribution in [2.45, 2.75) is 27.7 Å². The van der Waals surface area contributed by atoms with E-state index < -0.39 is 0 Å². The molecule has 0 N–H and O–H groups in total. The zero-order chi connectivity index (χ0) is 46.6. The minimum Gasteiger partial charge on any atom is -0.558 e. The summed E-state index contributed by atoms with van der Waals surface area (Å²) in [6.07, 6.45) is 8.41. The van der Waals surface area contributed by atoms with E-state index in [-0.39, 0.29) is 20.1 Å². The number of methoxy groups -OCH3 is 8. The van der Waals surface area contributed by atoms with Crippen LogP contribution in [-0.4, -0.2) is 86.5 Å². The summed E-state index contributed by atoms with van der Waals surface area (Å²) in [5.74, 6) is 5.98. The fourth-order valence-electron chi connectivity index (χ4n) is 6.53. The molecular formula is C48H50IrN9O8-3. The van der Waals surface area contributed by atoms with E-state index >= 15 is 0 Å². The van der Waals surface area contributed by atoms with Crippen LogP contribution in [0.5, 0.6) is 46.0 Å². The van der Waals surface area contributed by atoms with Gasteiger partial charge in [0.25, 0.3) is 12.7 Å². The van der Waals surface area contributed by atoms with Crippen molar-refractivity contribution in [1.82, 2.24) is 34.7 Å². The maximum absolute atomic E-state index is 5.55. The standard InChI is InChI=1S/2C21H23N2O4.C6H4N5.Ir/c2*1-14-15(2)23(19-10-8-17(25-4)12-21(19)27-6)13-22(14)18-9-7-16(24-3)11-20(18)26-5;1-2-4-7-5(3-1)6-8-10-11-9-6;/h2*7-9,11-12H,1-6H3;1-4H;/q3*-1;. The molecule has 66 heavy (non-hydrogen) atoms. The second-order valence-corrected chi connectivity index (χ2v) is 13.8. The maximum atomic E-state index is 5.55. The summed E-state index contributed by atoms with van der Waals surface area (Å²) in [6.45, 7) is 8.11. The van der Waals surface area contributed by atoms with Crippen molar-refractivity contribution in [1.29, 1.82) is 0 Å². The van der Waals surface area contributed by atoms with Crippen LogP contribution >= 0.6 is 0 Å². The van der Waals surface area contributed by atoms with Crippen LogP contribution in [0.2, 0.25) is 0 Å². The summed E-state index contributed by atoms with van der Waals surface area (Å²) >= 11 is 0. The van der Waals surface area contributed by atoms with Crippen LogP contribution in [0.25, 0.3) is 34.3 Å². The van der Waals surface area contributed by atoms with Crippen molar-refractivity contribution in [2.24, 2.45) is 0 Å². The number of pyridine rings is 1. The van der Waals surface area contributed by atoms with Crippen LogP contribution in [0.3, 0.4) is 0 Å². The Morgan fingerprint density at radius 1 is 0.530 bits per heavy atom. The van der Waals surface area contributed by atoms with Crippen molar-refractivity contribution in [3.8, 4) is 80.3 Å². The van der Waals surface area contributed by atoms with Crippen LogP contribution in [0, 0.1) is 52.5 Å². The predicted molar refractivity (Wildman–Crippen MR) is 238 cm³/mol. The molecule has 0 amide bonds. The van der Waals surface area contributed by atoms with Crippen molar-refractivity contribution in [2.75, 3.05) is 56.9 Å². The molecule has 0 fully saturated rings. The minimum absolute atomic E-state index is 0. The van der Waals surface area contributed by atoms with Gasteiger partial charge in [0.05, 0.1) is 79.8 Å². The van der Waals surface area contributed by atoms with E-state index in [9.17, 15) is 0 Å². The third-order valence-corrected chi connectivity index (χ3v) is 10.3. The Labute approximate surface area is 397 Å². The van der Waals surface area contributed by atoms with E-state index in [1.54, 1.807) is 81.3 Å². The zero-order valence-electron chi connectivity index (χ0n) is 38.7. The topological polar surface area (TPSA) is 157 Å². The van der Waals surface area contributed by atoms with Crippen LogP contribution in [0.15, 0.2) is 85.1 Å². The fourth-order valence-corrected chi connectivity index (χ4v) is 6.53. The van der Waals surface area contributed by atoms with E-state index in [0.717, 1.165) is 57.0 Å². The SMILES string of the molecule is COc1c[c-]c(-n2[c-][n+](-c3ccc(OC)cc3OC)c(C)c2C)c(OC)c1.COc1c[c-]c(-n2[c-][n+](-c3ccc(OC)cc3OC)c(C)c2C)c(OC)c1.[Ir].c1ccc(-c2nnn[n-]2)nc1. The number of tetrazole rings is 1. The molecule has 17 nitrogen and oxygen atoms in total. The first-order valence-electron chi connectivity index (χ1n) is 19.9.